The Bertz CT molecular complexity index is 903. The molecule has 0 amide bonds. The van der Waals surface area contributed by atoms with E-state index in [4.69, 9.17) is 4.74 Å². The molecule has 0 radical (unpaired) electrons. The average Bonchev–Trinajstić information content (AvgIpc) is 3.23. The molecule has 1 atom stereocenters. The highest BCUT2D eigenvalue weighted by Gasteiger charge is 2.35. The fourth-order valence-corrected chi connectivity index (χ4v) is 3.64. The van der Waals surface area contributed by atoms with Gasteiger partial charge in [0.25, 0.3) is 0 Å². The minimum Gasteiger partial charge on any atom is -0.369 e. The van der Waals surface area contributed by atoms with Crippen LogP contribution in [0.1, 0.15) is 16.7 Å². The molecular formula is C18H15F3N4OS. The lowest BCUT2D eigenvalue weighted by Gasteiger charge is -2.33. The number of rotatable bonds is 3. The van der Waals surface area contributed by atoms with Crippen molar-refractivity contribution in [3.05, 3.63) is 58.7 Å². The van der Waals surface area contributed by atoms with Crippen LogP contribution in [0, 0.1) is 0 Å². The smallest absolute Gasteiger partial charge is 0.369 e. The van der Waals surface area contributed by atoms with Crippen LogP contribution in [0.25, 0.3) is 11.4 Å². The van der Waals surface area contributed by atoms with Crippen molar-refractivity contribution in [1.82, 2.24) is 15.0 Å². The second-order valence-electron chi connectivity index (χ2n) is 6.00. The molecular weight excluding hydrogens is 377 g/mol. The SMILES string of the molecule is FC(F)(F)c1cc(N2CCOC(c3cccs3)C2)nc(-c2cccnc2)n1. The number of ether oxygens (including phenoxy) is 1. The molecule has 0 aromatic carbocycles. The van der Waals surface area contributed by atoms with E-state index in [1.54, 1.807) is 29.7 Å². The van der Waals surface area contributed by atoms with Gasteiger partial charge in [-0.05, 0) is 23.6 Å². The minimum absolute atomic E-state index is 0.00657. The third-order valence-electron chi connectivity index (χ3n) is 4.17. The Morgan fingerprint density at radius 1 is 1.19 bits per heavy atom. The van der Waals surface area contributed by atoms with Crippen LogP contribution in [-0.4, -0.2) is 34.6 Å². The molecule has 140 valence electrons. The van der Waals surface area contributed by atoms with E-state index in [0.29, 0.717) is 25.3 Å². The Balaban J connectivity index is 1.71. The maximum atomic E-state index is 13.4. The summed E-state index contributed by atoms with van der Waals surface area (Å²) in [6, 6.07) is 8.16. The molecule has 0 aliphatic carbocycles. The number of nitrogens with zero attached hydrogens (tertiary/aromatic N) is 4. The largest absolute Gasteiger partial charge is 0.433 e. The molecule has 4 rings (SSSR count). The minimum atomic E-state index is -4.56. The molecule has 1 aliphatic rings. The third-order valence-corrected chi connectivity index (χ3v) is 5.14. The van der Waals surface area contributed by atoms with E-state index in [2.05, 4.69) is 15.0 Å². The lowest BCUT2D eigenvalue weighted by molar-refractivity contribution is -0.141. The van der Waals surface area contributed by atoms with Crippen LogP contribution in [-0.2, 0) is 10.9 Å². The number of pyridine rings is 1. The van der Waals surface area contributed by atoms with E-state index in [1.807, 2.05) is 22.4 Å². The molecule has 0 spiro atoms. The van der Waals surface area contributed by atoms with E-state index >= 15 is 0 Å². The van der Waals surface area contributed by atoms with Crippen molar-refractivity contribution in [2.75, 3.05) is 24.6 Å². The molecule has 27 heavy (non-hydrogen) atoms. The van der Waals surface area contributed by atoms with Gasteiger partial charge in [0.05, 0.1) is 13.2 Å². The molecule has 1 unspecified atom stereocenters. The van der Waals surface area contributed by atoms with Gasteiger partial charge < -0.3 is 9.64 Å². The molecule has 9 heteroatoms. The first kappa shape index (κ1) is 17.9. The molecule has 0 N–H and O–H groups in total. The highest BCUT2D eigenvalue weighted by molar-refractivity contribution is 7.10. The lowest BCUT2D eigenvalue weighted by Crippen LogP contribution is -2.39. The van der Waals surface area contributed by atoms with Gasteiger partial charge in [-0.2, -0.15) is 13.2 Å². The standard InChI is InChI=1S/C18H15F3N4OS/c19-18(20,21)15-9-16(24-17(23-15)12-3-1-5-22-10-12)25-6-7-26-13(11-25)14-4-2-8-27-14/h1-5,8-10,13H,6-7,11H2. The highest BCUT2D eigenvalue weighted by Crippen LogP contribution is 2.33. The second-order valence-corrected chi connectivity index (χ2v) is 6.97. The third kappa shape index (κ3) is 3.93. The summed E-state index contributed by atoms with van der Waals surface area (Å²) < 4.78 is 45.9. The fraction of sp³-hybridized carbons (Fsp3) is 0.278. The topological polar surface area (TPSA) is 51.1 Å². The van der Waals surface area contributed by atoms with E-state index in [-0.39, 0.29) is 17.7 Å². The maximum absolute atomic E-state index is 13.4. The van der Waals surface area contributed by atoms with Gasteiger partial charge in [-0.25, -0.2) is 9.97 Å². The number of morpholine rings is 1. The van der Waals surface area contributed by atoms with Gasteiger partial charge in [0.1, 0.15) is 11.9 Å². The van der Waals surface area contributed by atoms with Crippen LogP contribution in [0.2, 0.25) is 0 Å². The van der Waals surface area contributed by atoms with E-state index in [0.717, 1.165) is 10.9 Å². The number of alkyl halides is 3. The summed E-state index contributed by atoms with van der Waals surface area (Å²) >= 11 is 1.56. The van der Waals surface area contributed by atoms with Gasteiger partial charge in [0.2, 0.25) is 0 Å². The Kier molecular flexibility index (Phi) is 4.79. The number of anilines is 1. The summed E-state index contributed by atoms with van der Waals surface area (Å²) in [6.45, 7) is 1.31. The summed E-state index contributed by atoms with van der Waals surface area (Å²) in [7, 11) is 0. The predicted octanol–water partition coefficient (Wildman–Crippen LogP) is 4.20. The summed E-state index contributed by atoms with van der Waals surface area (Å²) in [4.78, 5) is 14.9. The average molecular weight is 392 g/mol. The van der Waals surface area contributed by atoms with Gasteiger partial charge in [-0.15, -0.1) is 11.3 Å². The highest BCUT2D eigenvalue weighted by atomic mass is 32.1. The monoisotopic (exact) mass is 392 g/mol. The number of halogens is 3. The van der Waals surface area contributed by atoms with Crippen molar-refractivity contribution in [3.63, 3.8) is 0 Å². The predicted molar refractivity (Wildman–Crippen MR) is 95.5 cm³/mol. The number of hydrogen-bond acceptors (Lipinski definition) is 6. The second kappa shape index (κ2) is 7.24. The molecule has 1 fully saturated rings. The molecule has 3 aromatic heterocycles. The van der Waals surface area contributed by atoms with Gasteiger partial charge >= 0.3 is 6.18 Å². The Labute approximate surface area is 157 Å². The summed E-state index contributed by atoms with van der Waals surface area (Å²) in [5.74, 6) is 0.244. The van der Waals surface area contributed by atoms with Gasteiger partial charge in [0.15, 0.2) is 11.5 Å². The molecule has 3 aromatic rings. The summed E-state index contributed by atoms with van der Waals surface area (Å²) in [6.07, 6.45) is -1.75. The Hall–Kier alpha value is -2.52. The molecule has 1 saturated heterocycles. The van der Waals surface area contributed by atoms with Crippen molar-refractivity contribution in [3.8, 4) is 11.4 Å². The fourth-order valence-electron chi connectivity index (χ4n) is 2.87. The van der Waals surface area contributed by atoms with Crippen LogP contribution in [0.3, 0.4) is 0 Å². The number of hydrogen-bond donors (Lipinski definition) is 0. The van der Waals surface area contributed by atoms with Crippen LogP contribution < -0.4 is 4.90 Å². The lowest BCUT2D eigenvalue weighted by atomic mass is 10.2. The Morgan fingerprint density at radius 3 is 2.78 bits per heavy atom. The van der Waals surface area contributed by atoms with Crippen LogP contribution in [0.15, 0.2) is 48.1 Å². The summed E-state index contributed by atoms with van der Waals surface area (Å²) in [5.41, 5.74) is -0.529. The first-order valence-corrected chi connectivity index (χ1v) is 9.15. The Morgan fingerprint density at radius 2 is 2.07 bits per heavy atom. The summed E-state index contributed by atoms with van der Waals surface area (Å²) in [5, 5.41) is 1.95. The first-order chi connectivity index (χ1) is 13.0. The number of thiophene rings is 1. The molecule has 1 aliphatic heterocycles. The quantitative estimate of drug-likeness (QED) is 0.669. The molecule has 5 nitrogen and oxygen atoms in total. The van der Waals surface area contributed by atoms with Crippen molar-refractivity contribution in [1.29, 1.82) is 0 Å². The van der Waals surface area contributed by atoms with Crippen molar-refractivity contribution in [2.45, 2.75) is 12.3 Å². The number of aromatic nitrogens is 3. The van der Waals surface area contributed by atoms with Gasteiger partial charge in [0, 0.05) is 35.4 Å². The normalized spacial score (nSPS) is 17.9. The first-order valence-electron chi connectivity index (χ1n) is 8.27. The van der Waals surface area contributed by atoms with E-state index in [9.17, 15) is 13.2 Å². The van der Waals surface area contributed by atoms with Gasteiger partial charge in [-0.1, -0.05) is 6.07 Å². The van der Waals surface area contributed by atoms with Gasteiger partial charge in [-0.3, -0.25) is 4.98 Å². The molecule has 0 saturated carbocycles. The van der Waals surface area contributed by atoms with Crippen LogP contribution >= 0.6 is 11.3 Å². The van der Waals surface area contributed by atoms with E-state index in [1.165, 1.54) is 6.20 Å². The van der Waals surface area contributed by atoms with Crippen molar-refractivity contribution >= 4 is 17.2 Å². The van der Waals surface area contributed by atoms with E-state index < -0.39 is 11.9 Å². The van der Waals surface area contributed by atoms with Crippen molar-refractivity contribution in [2.24, 2.45) is 0 Å². The maximum Gasteiger partial charge on any atom is 0.433 e. The molecule has 4 heterocycles. The zero-order valence-electron chi connectivity index (χ0n) is 14.1. The molecule has 0 bridgehead atoms. The zero-order valence-corrected chi connectivity index (χ0v) is 14.9. The van der Waals surface area contributed by atoms with Crippen LogP contribution in [0.5, 0.6) is 0 Å². The zero-order chi connectivity index (χ0) is 18.9. The van der Waals surface area contributed by atoms with Crippen LogP contribution in [0.4, 0.5) is 19.0 Å². The van der Waals surface area contributed by atoms with Crippen molar-refractivity contribution < 1.29 is 17.9 Å².